The summed E-state index contributed by atoms with van der Waals surface area (Å²) < 4.78 is 0. The SMILES string of the molecule is CCCCN(C)C(=O)CCCCCCCCCCC1C[C@H](O)[C@@]2(C)CCC3c4ccc(O)cc4CCC3C12. The highest BCUT2D eigenvalue weighted by Gasteiger charge is 2.58. The molecule has 0 spiro atoms. The molecule has 2 fully saturated rings. The lowest BCUT2D eigenvalue weighted by molar-refractivity contribution is -0.130. The van der Waals surface area contributed by atoms with Crippen LogP contribution in [0.5, 0.6) is 5.75 Å². The second kappa shape index (κ2) is 13.7. The Morgan fingerprint density at radius 2 is 1.74 bits per heavy atom. The number of hydrogen-bond donors (Lipinski definition) is 2. The van der Waals surface area contributed by atoms with Crippen LogP contribution in [0.4, 0.5) is 0 Å². The minimum absolute atomic E-state index is 0.0897. The predicted molar refractivity (Wildman–Crippen MR) is 156 cm³/mol. The quantitative estimate of drug-likeness (QED) is 0.242. The van der Waals surface area contributed by atoms with Crippen molar-refractivity contribution in [2.75, 3.05) is 13.6 Å². The van der Waals surface area contributed by atoms with Gasteiger partial charge in [-0.15, -0.1) is 0 Å². The van der Waals surface area contributed by atoms with E-state index in [0.717, 1.165) is 45.1 Å². The lowest BCUT2D eigenvalue weighted by Crippen LogP contribution is -2.45. The highest BCUT2D eigenvalue weighted by Crippen LogP contribution is 2.63. The van der Waals surface area contributed by atoms with Crippen LogP contribution in [0.15, 0.2) is 18.2 Å². The number of nitrogens with zero attached hydrogens (tertiary/aromatic N) is 1. The summed E-state index contributed by atoms with van der Waals surface area (Å²) >= 11 is 0. The average molecular weight is 526 g/mol. The molecule has 0 aromatic heterocycles. The Kier molecular flexibility index (Phi) is 10.6. The number of rotatable bonds is 14. The van der Waals surface area contributed by atoms with Gasteiger partial charge in [0.2, 0.25) is 5.91 Å². The van der Waals surface area contributed by atoms with Gasteiger partial charge in [-0.05, 0) is 97.3 Å². The smallest absolute Gasteiger partial charge is 0.222 e. The maximum absolute atomic E-state index is 12.1. The first kappa shape index (κ1) is 29.4. The third-order valence-corrected chi connectivity index (χ3v) is 10.8. The maximum Gasteiger partial charge on any atom is 0.222 e. The molecule has 4 heteroatoms. The molecule has 0 saturated heterocycles. The van der Waals surface area contributed by atoms with Crippen LogP contribution >= 0.6 is 0 Å². The number of phenolic OH excluding ortho intramolecular Hbond substituents is 1. The molecule has 1 amide bonds. The monoisotopic (exact) mass is 525 g/mol. The average Bonchev–Trinajstić information content (AvgIpc) is 3.17. The Balaban J connectivity index is 1.15. The molecule has 38 heavy (non-hydrogen) atoms. The van der Waals surface area contributed by atoms with Gasteiger partial charge in [-0.2, -0.15) is 0 Å². The molecule has 0 aliphatic heterocycles. The Morgan fingerprint density at radius 1 is 1.03 bits per heavy atom. The van der Waals surface area contributed by atoms with Gasteiger partial charge in [-0.25, -0.2) is 0 Å². The number of benzene rings is 1. The van der Waals surface area contributed by atoms with E-state index in [2.05, 4.69) is 19.9 Å². The number of hydrogen-bond acceptors (Lipinski definition) is 3. The molecule has 3 aliphatic rings. The molecule has 0 radical (unpaired) electrons. The van der Waals surface area contributed by atoms with Gasteiger partial charge >= 0.3 is 0 Å². The number of amides is 1. The van der Waals surface area contributed by atoms with Gasteiger partial charge < -0.3 is 15.1 Å². The van der Waals surface area contributed by atoms with Crippen LogP contribution in [-0.2, 0) is 11.2 Å². The molecule has 1 aromatic rings. The van der Waals surface area contributed by atoms with Gasteiger partial charge in [0.25, 0.3) is 0 Å². The zero-order valence-corrected chi connectivity index (χ0v) is 24.6. The first-order chi connectivity index (χ1) is 18.3. The normalized spacial score (nSPS) is 29.9. The lowest BCUT2D eigenvalue weighted by Gasteiger charge is -2.51. The number of fused-ring (bicyclic) bond motifs is 5. The molecule has 6 atom stereocenters. The molecule has 214 valence electrons. The van der Waals surface area contributed by atoms with E-state index in [1.807, 2.05) is 24.1 Å². The van der Waals surface area contributed by atoms with Gasteiger partial charge in [0.15, 0.2) is 0 Å². The Labute approximate surface area is 232 Å². The standard InChI is InChI=1S/C34H55NO3/c1-4-5-22-35(3)32(38)15-13-11-9-7-6-8-10-12-14-26-24-31(37)34(2)21-20-29-28-19-17-27(36)23-25(28)16-18-30(29)33(26)34/h17,19,23,26,29-31,33,36-37H,4-16,18,20-22,24H2,1-3H3/t26?,29?,30?,31-,33?,34+/m0/s1. The van der Waals surface area contributed by atoms with Crippen molar-refractivity contribution in [2.45, 2.75) is 135 Å². The predicted octanol–water partition coefficient (Wildman–Crippen LogP) is 7.99. The minimum atomic E-state index is -0.141. The zero-order chi connectivity index (χ0) is 27.1. The summed E-state index contributed by atoms with van der Waals surface area (Å²) in [5.41, 5.74) is 2.93. The van der Waals surface area contributed by atoms with E-state index in [1.165, 1.54) is 75.3 Å². The van der Waals surface area contributed by atoms with E-state index in [9.17, 15) is 15.0 Å². The van der Waals surface area contributed by atoms with Crippen molar-refractivity contribution in [1.82, 2.24) is 4.90 Å². The summed E-state index contributed by atoms with van der Waals surface area (Å²) in [6.45, 7) is 5.46. The van der Waals surface area contributed by atoms with Crippen molar-refractivity contribution >= 4 is 5.91 Å². The van der Waals surface area contributed by atoms with Crippen LogP contribution in [0, 0.1) is 23.2 Å². The molecule has 1 aromatic carbocycles. The highest BCUT2D eigenvalue weighted by atomic mass is 16.3. The molecule has 0 bridgehead atoms. The largest absolute Gasteiger partial charge is 0.508 e. The molecule has 4 unspecified atom stereocenters. The molecular formula is C34H55NO3. The Bertz CT molecular complexity index is 900. The number of phenols is 1. The van der Waals surface area contributed by atoms with Crippen LogP contribution in [0.3, 0.4) is 0 Å². The Morgan fingerprint density at radius 3 is 2.47 bits per heavy atom. The summed E-state index contributed by atoms with van der Waals surface area (Å²) in [6.07, 6.45) is 19.7. The molecule has 2 saturated carbocycles. The molecule has 4 nitrogen and oxygen atoms in total. The number of unbranched alkanes of at least 4 members (excludes halogenated alkanes) is 8. The number of aliphatic hydroxyl groups is 1. The third-order valence-electron chi connectivity index (χ3n) is 10.8. The molecule has 2 N–H and O–H groups in total. The third kappa shape index (κ3) is 6.77. The zero-order valence-electron chi connectivity index (χ0n) is 24.6. The van der Waals surface area contributed by atoms with Gasteiger partial charge in [0.05, 0.1) is 6.10 Å². The van der Waals surface area contributed by atoms with Crippen molar-refractivity contribution in [3.05, 3.63) is 29.3 Å². The highest BCUT2D eigenvalue weighted by molar-refractivity contribution is 5.75. The molecule has 3 aliphatic carbocycles. The second-order valence-electron chi connectivity index (χ2n) is 13.3. The van der Waals surface area contributed by atoms with Crippen molar-refractivity contribution in [3.63, 3.8) is 0 Å². The van der Waals surface area contributed by atoms with Crippen LogP contribution in [0.2, 0.25) is 0 Å². The number of aliphatic hydroxyl groups excluding tert-OH is 1. The fourth-order valence-electron chi connectivity index (χ4n) is 8.58. The molecule has 4 rings (SSSR count). The van der Waals surface area contributed by atoms with E-state index in [0.29, 0.717) is 41.7 Å². The molecule has 0 heterocycles. The fraction of sp³-hybridized carbons (Fsp3) is 0.794. The van der Waals surface area contributed by atoms with E-state index in [1.54, 1.807) is 0 Å². The number of aromatic hydroxyl groups is 1. The minimum Gasteiger partial charge on any atom is -0.508 e. The van der Waals surface area contributed by atoms with Crippen LogP contribution < -0.4 is 0 Å². The van der Waals surface area contributed by atoms with Crippen molar-refractivity contribution < 1.29 is 15.0 Å². The van der Waals surface area contributed by atoms with Crippen LogP contribution in [0.25, 0.3) is 0 Å². The van der Waals surface area contributed by atoms with Crippen molar-refractivity contribution in [3.8, 4) is 5.75 Å². The van der Waals surface area contributed by atoms with Gasteiger partial charge in [0, 0.05) is 20.0 Å². The number of carbonyl (C=O) groups is 1. The van der Waals surface area contributed by atoms with E-state index < -0.39 is 0 Å². The maximum atomic E-state index is 12.1. The van der Waals surface area contributed by atoms with E-state index >= 15 is 0 Å². The topological polar surface area (TPSA) is 60.8 Å². The van der Waals surface area contributed by atoms with E-state index in [-0.39, 0.29) is 11.5 Å². The summed E-state index contributed by atoms with van der Waals surface area (Å²) in [6, 6.07) is 6.06. The van der Waals surface area contributed by atoms with E-state index in [4.69, 9.17) is 0 Å². The van der Waals surface area contributed by atoms with Gasteiger partial charge in [-0.3, -0.25) is 4.79 Å². The van der Waals surface area contributed by atoms with Crippen molar-refractivity contribution in [1.29, 1.82) is 0 Å². The van der Waals surface area contributed by atoms with Crippen LogP contribution in [0.1, 0.15) is 134 Å². The fourth-order valence-corrected chi connectivity index (χ4v) is 8.58. The number of aryl methyl sites for hydroxylation is 1. The number of carbonyl (C=O) groups excluding carboxylic acids is 1. The Hall–Kier alpha value is -1.55. The second-order valence-corrected chi connectivity index (χ2v) is 13.3. The summed E-state index contributed by atoms with van der Waals surface area (Å²) in [5.74, 6) is 3.31. The summed E-state index contributed by atoms with van der Waals surface area (Å²) in [4.78, 5) is 14.0. The van der Waals surface area contributed by atoms with Crippen molar-refractivity contribution in [2.24, 2.45) is 23.2 Å². The first-order valence-corrected chi connectivity index (χ1v) is 16.1. The first-order valence-electron chi connectivity index (χ1n) is 16.1. The lowest BCUT2D eigenvalue weighted by atomic mass is 9.53. The molecular weight excluding hydrogens is 470 g/mol. The summed E-state index contributed by atoms with van der Waals surface area (Å²) in [5, 5.41) is 21.1. The van der Waals surface area contributed by atoms with Gasteiger partial charge in [-0.1, -0.05) is 77.7 Å². The summed E-state index contributed by atoms with van der Waals surface area (Å²) in [7, 11) is 1.94. The van der Waals surface area contributed by atoms with Crippen LogP contribution in [-0.4, -0.2) is 40.7 Å². The van der Waals surface area contributed by atoms with Gasteiger partial charge in [0.1, 0.15) is 5.75 Å².